The Balaban J connectivity index is 0.540. The molecule has 0 aromatic heterocycles. The number of benzene rings is 18. The van der Waals surface area contributed by atoms with Gasteiger partial charge in [-0.05, 0) is 225 Å². The first-order chi connectivity index (χ1) is 59.2. The Kier molecular flexibility index (Phi) is 18.4. The average molecular weight is 1580 g/mol. The molecule has 0 atom stereocenters. The molecule has 0 unspecified atom stereocenters. The van der Waals surface area contributed by atoms with E-state index in [2.05, 4.69) is 500 Å². The third-order valence-corrected chi connectivity index (χ3v) is 36.5. The highest BCUT2D eigenvalue weighted by atomic mass is 28.3. The van der Waals surface area contributed by atoms with Gasteiger partial charge < -0.3 is 9.80 Å². The minimum absolute atomic E-state index is 0.204. The van der Waals surface area contributed by atoms with Crippen LogP contribution in [0.15, 0.2) is 425 Å². The minimum Gasteiger partial charge on any atom is -0.310 e. The lowest BCUT2D eigenvalue weighted by molar-refractivity contribution is 0.660. The van der Waals surface area contributed by atoms with E-state index in [9.17, 15) is 0 Å². The summed E-state index contributed by atoms with van der Waals surface area (Å²) in [4.78, 5) is 4.93. The summed E-state index contributed by atoms with van der Waals surface area (Å²) in [7, 11) is -5.51. The number of rotatable bonds is 18. The molecule has 0 saturated heterocycles. The van der Waals surface area contributed by atoms with Crippen LogP contribution in [0.1, 0.15) is 97.2 Å². The van der Waals surface area contributed by atoms with E-state index < -0.39 is 16.1 Å². The van der Waals surface area contributed by atoms with Crippen LogP contribution in [-0.2, 0) is 16.2 Å². The van der Waals surface area contributed by atoms with Gasteiger partial charge in [0.25, 0.3) is 0 Å². The molecule has 0 heterocycles. The van der Waals surface area contributed by atoms with Crippen molar-refractivity contribution in [1.82, 2.24) is 0 Å². The van der Waals surface area contributed by atoms with Crippen molar-refractivity contribution in [2.75, 3.05) is 9.80 Å². The van der Waals surface area contributed by atoms with E-state index in [0.717, 1.165) is 34.1 Å². The lowest BCUT2D eigenvalue weighted by Crippen LogP contribution is -2.74. The molecule has 0 spiro atoms. The van der Waals surface area contributed by atoms with Crippen molar-refractivity contribution in [3.63, 3.8) is 0 Å². The average Bonchev–Trinajstić information content (AvgIpc) is 1.04. The summed E-state index contributed by atoms with van der Waals surface area (Å²) in [6, 6.07) is 160. The quantitative estimate of drug-likeness (QED) is 0.0480. The van der Waals surface area contributed by atoms with Crippen LogP contribution >= 0.6 is 0 Å². The molecular formula is C117H92N2Si2. The zero-order valence-electron chi connectivity index (χ0n) is 69.1. The number of hydrogen-bond acceptors (Lipinski definition) is 2. The van der Waals surface area contributed by atoms with Gasteiger partial charge in [-0.1, -0.05) is 418 Å². The fourth-order valence-corrected chi connectivity index (χ4v) is 30.2. The molecule has 3 aliphatic rings. The van der Waals surface area contributed by atoms with Crippen LogP contribution in [0.4, 0.5) is 34.1 Å². The van der Waals surface area contributed by atoms with E-state index in [1.807, 2.05) is 0 Å². The Hall–Kier alpha value is -14.0. The summed E-state index contributed by atoms with van der Waals surface area (Å²) in [6.07, 6.45) is 9.25. The Morgan fingerprint density at radius 2 is 0.372 bits per heavy atom. The first-order valence-electron chi connectivity index (χ1n) is 42.6. The SMILES string of the molecule is CC1(C)c2cc(C=Cc3ccc4c(c3)C(C)(C)c3cc(N(c5ccc([Si](c6ccccc6)(c6ccccc6)c6ccccc6)cc5)c5ccc6ccccc6c5)ccc3-4)ccc2-c2ccc(C=Cc3ccc4c(c3)C(C)(C)c3cc(N(c5ccc([Si](c6ccccc6)(c6ccccc6)c6ccccc6)cc5)c5ccc6ccccc6c5)ccc3-4)cc21. The normalized spacial score (nSPS) is 13.8. The summed E-state index contributed by atoms with van der Waals surface area (Å²) >= 11 is 0. The van der Waals surface area contributed by atoms with E-state index in [0.29, 0.717) is 0 Å². The van der Waals surface area contributed by atoms with Crippen molar-refractivity contribution >= 4 is 138 Å². The topological polar surface area (TPSA) is 6.48 Å². The fraction of sp³-hybridized carbons (Fsp3) is 0.0769. The highest BCUT2D eigenvalue weighted by Crippen LogP contribution is 2.55. The van der Waals surface area contributed by atoms with Gasteiger partial charge in [-0.2, -0.15) is 0 Å². The van der Waals surface area contributed by atoms with Gasteiger partial charge >= 0.3 is 0 Å². The fourth-order valence-electron chi connectivity index (χ4n) is 20.7. The van der Waals surface area contributed by atoms with Crippen LogP contribution < -0.4 is 51.3 Å². The molecule has 21 rings (SSSR count). The molecule has 0 bridgehead atoms. The van der Waals surface area contributed by atoms with Gasteiger partial charge in [0, 0.05) is 50.4 Å². The lowest BCUT2D eigenvalue weighted by Gasteiger charge is -2.35. The second kappa shape index (κ2) is 29.8. The third-order valence-electron chi connectivity index (χ3n) is 26.9. The first-order valence-corrected chi connectivity index (χ1v) is 46.6. The monoisotopic (exact) mass is 1580 g/mol. The van der Waals surface area contributed by atoms with Gasteiger partial charge in [0.1, 0.15) is 0 Å². The summed E-state index contributed by atoms with van der Waals surface area (Å²) in [5, 5.41) is 15.7. The maximum atomic E-state index is 2.47. The maximum Gasteiger partial charge on any atom is 0.179 e. The van der Waals surface area contributed by atoms with Gasteiger partial charge in [-0.25, -0.2) is 0 Å². The van der Waals surface area contributed by atoms with E-state index >= 15 is 0 Å². The zero-order valence-corrected chi connectivity index (χ0v) is 71.1. The molecule has 0 saturated carbocycles. The first kappa shape index (κ1) is 74.5. The Labute approximate surface area is 713 Å². The van der Waals surface area contributed by atoms with Crippen LogP contribution in [0.5, 0.6) is 0 Å². The molecule has 0 aliphatic heterocycles. The van der Waals surface area contributed by atoms with Crippen molar-refractivity contribution in [3.8, 4) is 33.4 Å². The van der Waals surface area contributed by atoms with Crippen molar-refractivity contribution < 1.29 is 0 Å². The molecule has 0 radical (unpaired) electrons. The molecule has 578 valence electrons. The second-order valence-corrected chi connectivity index (χ2v) is 42.4. The van der Waals surface area contributed by atoms with E-state index in [-0.39, 0.29) is 16.2 Å². The van der Waals surface area contributed by atoms with Crippen LogP contribution in [-0.4, -0.2) is 16.1 Å². The Morgan fingerprint density at radius 3 is 0.636 bits per heavy atom. The zero-order chi connectivity index (χ0) is 81.6. The van der Waals surface area contributed by atoms with Gasteiger partial charge in [0.15, 0.2) is 16.1 Å². The molecule has 18 aromatic carbocycles. The molecule has 3 aliphatic carbocycles. The summed E-state index contributed by atoms with van der Waals surface area (Å²) in [5.41, 5.74) is 26.7. The van der Waals surface area contributed by atoms with Crippen molar-refractivity contribution in [1.29, 1.82) is 0 Å². The summed E-state index contributed by atoms with van der Waals surface area (Å²) in [5.74, 6) is 0. The largest absolute Gasteiger partial charge is 0.310 e. The molecule has 18 aromatic rings. The minimum atomic E-state index is -2.75. The van der Waals surface area contributed by atoms with E-state index in [4.69, 9.17) is 0 Å². The van der Waals surface area contributed by atoms with Gasteiger partial charge in [-0.15, -0.1) is 0 Å². The molecule has 0 N–H and O–H groups in total. The van der Waals surface area contributed by atoms with Crippen molar-refractivity contribution in [3.05, 3.63) is 480 Å². The molecule has 4 heteroatoms. The number of nitrogens with zero attached hydrogens (tertiary/aromatic N) is 2. The highest BCUT2D eigenvalue weighted by molar-refractivity contribution is 7.20. The maximum absolute atomic E-state index is 2.75. The highest BCUT2D eigenvalue weighted by Gasteiger charge is 2.45. The Bertz CT molecular complexity index is 6450. The van der Waals surface area contributed by atoms with Crippen LogP contribution in [0.3, 0.4) is 0 Å². The van der Waals surface area contributed by atoms with Gasteiger partial charge in [0.05, 0.1) is 0 Å². The smallest absolute Gasteiger partial charge is 0.179 e. The van der Waals surface area contributed by atoms with Crippen molar-refractivity contribution in [2.24, 2.45) is 0 Å². The standard InChI is InChI=1S/C117H92N2Si2/c1-115(2)109-73-81(45-47-83-51-69-105-107-71-61-93(79-113(107)116(3,4)111(105)75-83)118(91-55-53-85-29-25-27-31-87(85)77-91)89-57-63-101(64-58-89)120(95-33-13-7-14-34-95,96-35-15-8-16-36-96)97-37-17-9-18-38-97)49-67-103(109)104-68-50-82(74-110(104)115)46-48-84-52-70-106-108-72-62-94(80-114(108)117(5,6)112(106)76-84)119(92-56-54-86-30-26-28-32-88(86)78-92)90-59-65-102(66-60-90)121(98-39-19-10-20-40-98,99-41-21-11-22-42-99)100-43-23-12-24-44-100/h7-80H,1-6H3. The predicted octanol–water partition coefficient (Wildman–Crippen LogP) is 24.9. The summed E-state index contributed by atoms with van der Waals surface area (Å²) < 4.78 is 0. The second-order valence-electron chi connectivity index (χ2n) is 34.7. The molecule has 2 nitrogen and oxygen atoms in total. The lowest BCUT2D eigenvalue weighted by atomic mass is 9.81. The number of fused-ring (bicyclic) bond motifs is 11. The van der Waals surface area contributed by atoms with Crippen LogP contribution in [0, 0.1) is 0 Å². The number of anilines is 6. The number of hydrogen-bond donors (Lipinski definition) is 0. The molecular weight excluding hydrogens is 1490 g/mol. The van der Waals surface area contributed by atoms with Crippen LogP contribution in [0.2, 0.25) is 0 Å². The Morgan fingerprint density at radius 1 is 0.174 bits per heavy atom. The van der Waals surface area contributed by atoms with E-state index in [1.165, 1.54) is 152 Å². The van der Waals surface area contributed by atoms with Gasteiger partial charge in [-0.3, -0.25) is 0 Å². The van der Waals surface area contributed by atoms with E-state index in [1.54, 1.807) is 0 Å². The summed E-state index contributed by atoms with van der Waals surface area (Å²) in [6.45, 7) is 14.4. The molecule has 121 heavy (non-hydrogen) atoms. The third kappa shape index (κ3) is 12.6. The van der Waals surface area contributed by atoms with Crippen LogP contribution in [0.25, 0.3) is 79.2 Å². The predicted molar refractivity (Wildman–Crippen MR) is 521 cm³/mol. The van der Waals surface area contributed by atoms with Gasteiger partial charge in [0.2, 0.25) is 0 Å². The van der Waals surface area contributed by atoms with Crippen molar-refractivity contribution in [2.45, 2.75) is 57.8 Å². The molecule has 0 fully saturated rings. The molecule has 0 amide bonds.